The second-order valence-electron chi connectivity index (χ2n) is 3.43. The summed E-state index contributed by atoms with van der Waals surface area (Å²) < 4.78 is 0.803. The van der Waals surface area contributed by atoms with Crippen molar-refractivity contribution in [1.82, 2.24) is 0 Å². The van der Waals surface area contributed by atoms with Gasteiger partial charge in [0.2, 0.25) is 0 Å². The Hall–Kier alpha value is -0.830. The molecule has 0 unspecified atom stereocenters. The quantitative estimate of drug-likeness (QED) is 0.709. The second-order valence-corrected chi connectivity index (χ2v) is 5.16. The summed E-state index contributed by atoms with van der Waals surface area (Å²) in [6.07, 6.45) is 0. The lowest BCUT2D eigenvalue weighted by Gasteiger charge is -2.05. The molecule has 0 saturated heterocycles. The minimum atomic E-state index is -0.179. The zero-order valence-electron chi connectivity index (χ0n) is 8.58. The molecule has 0 aliphatic rings. The smallest absolute Gasteiger partial charge is 0.196 e. The lowest BCUT2D eigenvalue weighted by molar-refractivity contribution is 0.103. The molecule has 86 valence electrons. The highest BCUT2D eigenvalue weighted by Crippen LogP contribution is 2.26. The summed E-state index contributed by atoms with van der Waals surface area (Å²) in [6, 6.07) is 12.1. The van der Waals surface area contributed by atoms with E-state index >= 15 is 0 Å². The van der Waals surface area contributed by atoms with Crippen molar-refractivity contribution in [1.29, 1.82) is 0 Å². The lowest BCUT2D eigenvalue weighted by atomic mass is 10.0. The Kier molecular flexibility index (Phi) is 3.87. The van der Waals surface area contributed by atoms with Crippen LogP contribution in [0.1, 0.15) is 15.9 Å². The maximum absolute atomic E-state index is 12.3. The molecular formula is C13H7BrCl2O. The fraction of sp³-hybridized carbons (Fsp3) is 0. The summed E-state index contributed by atoms with van der Waals surface area (Å²) in [5.41, 5.74) is 0.892. The molecule has 1 nitrogen and oxygen atoms in total. The van der Waals surface area contributed by atoms with Gasteiger partial charge in [0, 0.05) is 15.6 Å². The van der Waals surface area contributed by atoms with Crippen molar-refractivity contribution >= 4 is 44.9 Å². The standard InChI is InChI=1S/C13H7BrCl2O/c14-8-5-6-12(16)10(7-8)13(17)9-3-1-2-4-11(9)15/h1-7H. The van der Waals surface area contributed by atoms with E-state index in [-0.39, 0.29) is 5.78 Å². The molecule has 2 aromatic carbocycles. The fourth-order valence-corrected chi connectivity index (χ4v) is 2.25. The minimum Gasteiger partial charge on any atom is -0.288 e. The molecule has 0 spiro atoms. The van der Waals surface area contributed by atoms with E-state index in [1.807, 2.05) is 0 Å². The van der Waals surface area contributed by atoms with E-state index < -0.39 is 0 Å². The third-order valence-corrected chi connectivity index (χ3v) is 3.44. The summed E-state index contributed by atoms with van der Waals surface area (Å²) in [6.45, 7) is 0. The number of carbonyl (C=O) groups is 1. The number of hydrogen-bond donors (Lipinski definition) is 0. The molecule has 2 rings (SSSR count). The van der Waals surface area contributed by atoms with Crippen LogP contribution in [0.3, 0.4) is 0 Å². The molecule has 0 fully saturated rings. The number of rotatable bonds is 2. The maximum Gasteiger partial charge on any atom is 0.196 e. The number of carbonyl (C=O) groups excluding carboxylic acids is 1. The molecule has 0 saturated carbocycles. The highest BCUT2D eigenvalue weighted by molar-refractivity contribution is 9.10. The van der Waals surface area contributed by atoms with Crippen molar-refractivity contribution in [2.45, 2.75) is 0 Å². The Labute approximate surface area is 117 Å². The summed E-state index contributed by atoms with van der Waals surface area (Å²) in [5.74, 6) is -0.179. The summed E-state index contributed by atoms with van der Waals surface area (Å²) in [4.78, 5) is 12.3. The topological polar surface area (TPSA) is 17.1 Å². The minimum absolute atomic E-state index is 0.179. The van der Waals surface area contributed by atoms with Gasteiger partial charge in [-0.25, -0.2) is 0 Å². The zero-order chi connectivity index (χ0) is 12.4. The average molecular weight is 330 g/mol. The molecule has 0 N–H and O–H groups in total. The van der Waals surface area contributed by atoms with Crippen LogP contribution in [-0.4, -0.2) is 5.78 Å². The van der Waals surface area contributed by atoms with E-state index in [9.17, 15) is 4.79 Å². The van der Waals surface area contributed by atoms with Crippen LogP contribution in [0.4, 0.5) is 0 Å². The van der Waals surface area contributed by atoms with Gasteiger partial charge in [-0.05, 0) is 30.3 Å². The first-order valence-electron chi connectivity index (χ1n) is 4.84. The third kappa shape index (κ3) is 2.71. The van der Waals surface area contributed by atoms with Crippen molar-refractivity contribution in [3.8, 4) is 0 Å². The van der Waals surface area contributed by atoms with E-state index in [2.05, 4.69) is 15.9 Å². The van der Waals surface area contributed by atoms with Crippen LogP contribution >= 0.6 is 39.1 Å². The monoisotopic (exact) mass is 328 g/mol. The van der Waals surface area contributed by atoms with Gasteiger partial charge in [-0.3, -0.25) is 4.79 Å². The van der Waals surface area contributed by atoms with Gasteiger partial charge in [0.25, 0.3) is 0 Å². The highest BCUT2D eigenvalue weighted by atomic mass is 79.9. The average Bonchev–Trinajstić information content (AvgIpc) is 2.32. The maximum atomic E-state index is 12.3. The summed E-state index contributed by atoms with van der Waals surface area (Å²) in [7, 11) is 0. The van der Waals surface area contributed by atoms with Crippen LogP contribution in [0, 0.1) is 0 Å². The normalized spacial score (nSPS) is 10.3. The number of hydrogen-bond acceptors (Lipinski definition) is 1. The predicted molar refractivity (Wildman–Crippen MR) is 74.0 cm³/mol. The molecule has 2 aromatic rings. The molecule has 17 heavy (non-hydrogen) atoms. The lowest BCUT2D eigenvalue weighted by Crippen LogP contribution is -2.02. The molecule has 0 aliphatic carbocycles. The highest BCUT2D eigenvalue weighted by Gasteiger charge is 2.15. The molecule has 0 amide bonds. The van der Waals surface area contributed by atoms with Gasteiger partial charge in [0.1, 0.15) is 0 Å². The van der Waals surface area contributed by atoms with Crippen LogP contribution in [0.25, 0.3) is 0 Å². The summed E-state index contributed by atoms with van der Waals surface area (Å²) >= 11 is 15.3. The van der Waals surface area contributed by atoms with E-state index in [0.717, 1.165) is 4.47 Å². The zero-order valence-corrected chi connectivity index (χ0v) is 11.7. The van der Waals surface area contributed by atoms with Crippen LogP contribution in [0.2, 0.25) is 10.0 Å². The van der Waals surface area contributed by atoms with E-state index in [4.69, 9.17) is 23.2 Å². The van der Waals surface area contributed by atoms with Crippen LogP contribution in [-0.2, 0) is 0 Å². The first kappa shape index (κ1) is 12.6. The molecule has 4 heteroatoms. The van der Waals surface area contributed by atoms with Gasteiger partial charge < -0.3 is 0 Å². The molecule has 0 bridgehead atoms. The SMILES string of the molecule is O=C(c1ccccc1Cl)c1cc(Br)ccc1Cl. The molecule has 0 radical (unpaired) electrons. The van der Waals surface area contributed by atoms with Crippen molar-refractivity contribution < 1.29 is 4.79 Å². The second kappa shape index (κ2) is 5.21. The third-order valence-electron chi connectivity index (χ3n) is 2.29. The summed E-state index contributed by atoms with van der Waals surface area (Å²) in [5, 5.41) is 0.840. The molecular weight excluding hydrogens is 323 g/mol. The Morgan fingerprint density at radius 3 is 2.29 bits per heavy atom. The van der Waals surface area contributed by atoms with E-state index in [1.54, 1.807) is 42.5 Å². The molecule has 0 aromatic heterocycles. The predicted octanol–water partition coefficient (Wildman–Crippen LogP) is 4.99. The first-order chi connectivity index (χ1) is 8.09. The van der Waals surface area contributed by atoms with Crippen LogP contribution < -0.4 is 0 Å². The number of ketones is 1. The van der Waals surface area contributed by atoms with Crippen LogP contribution in [0.15, 0.2) is 46.9 Å². The van der Waals surface area contributed by atoms with Crippen molar-refractivity contribution in [3.63, 3.8) is 0 Å². The van der Waals surface area contributed by atoms with Gasteiger partial charge in [0.05, 0.1) is 10.0 Å². The molecule has 0 heterocycles. The molecule has 0 atom stereocenters. The largest absolute Gasteiger partial charge is 0.288 e. The Balaban J connectivity index is 2.51. The van der Waals surface area contributed by atoms with E-state index in [1.165, 1.54) is 0 Å². The van der Waals surface area contributed by atoms with Crippen molar-refractivity contribution in [2.24, 2.45) is 0 Å². The van der Waals surface area contributed by atoms with Gasteiger partial charge >= 0.3 is 0 Å². The van der Waals surface area contributed by atoms with Crippen molar-refractivity contribution in [2.75, 3.05) is 0 Å². The van der Waals surface area contributed by atoms with Gasteiger partial charge in [-0.2, -0.15) is 0 Å². The van der Waals surface area contributed by atoms with Gasteiger partial charge in [0.15, 0.2) is 5.78 Å². The fourth-order valence-electron chi connectivity index (χ4n) is 1.46. The van der Waals surface area contributed by atoms with Crippen LogP contribution in [0.5, 0.6) is 0 Å². The Bertz CT molecular complexity index is 581. The molecule has 0 aliphatic heterocycles. The number of halogens is 3. The van der Waals surface area contributed by atoms with E-state index in [0.29, 0.717) is 21.2 Å². The van der Waals surface area contributed by atoms with Crippen molar-refractivity contribution in [3.05, 3.63) is 68.1 Å². The Morgan fingerprint density at radius 1 is 0.941 bits per heavy atom. The Morgan fingerprint density at radius 2 is 1.59 bits per heavy atom. The van der Waals surface area contributed by atoms with Gasteiger partial charge in [-0.1, -0.05) is 51.3 Å². The first-order valence-corrected chi connectivity index (χ1v) is 6.39. The van der Waals surface area contributed by atoms with Gasteiger partial charge in [-0.15, -0.1) is 0 Å². The number of benzene rings is 2.